The number of hydrogen-bond donors (Lipinski definition) is 1. The molecule has 1 aromatic rings. The van der Waals surface area contributed by atoms with Crippen molar-refractivity contribution in [2.24, 2.45) is 11.3 Å². The number of nitrogens with zero attached hydrogens (tertiary/aromatic N) is 1. The molecule has 2 unspecified atom stereocenters. The number of halogens is 1. The fourth-order valence-electron chi connectivity index (χ4n) is 3.57. The zero-order valence-corrected chi connectivity index (χ0v) is 12.8. The minimum atomic E-state index is -0.310. The van der Waals surface area contributed by atoms with E-state index in [2.05, 4.69) is 26.1 Å². The summed E-state index contributed by atoms with van der Waals surface area (Å²) in [5, 5.41) is 12.4. The quantitative estimate of drug-likeness (QED) is 0.853. The van der Waals surface area contributed by atoms with E-state index in [0.29, 0.717) is 28.5 Å². The summed E-state index contributed by atoms with van der Waals surface area (Å²) < 4.78 is 13.8. The minimum absolute atomic E-state index is 0.310. The molecule has 1 aromatic carbocycles. The number of anilines is 1. The van der Waals surface area contributed by atoms with Gasteiger partial charge >= 0.3 is 0 Å². The molecule has 0 aromatic heterocycles. The van der Waals surface area contributed by atoms with E-state index in [0.717, 1.165) is 18.5 Å². The van der Waals surface area contributed by atoms with Crippen molar-refractivity contribution in [3.05, 3.63) is 29.1 Å². The molecule has 2 nitrogen and oxygen atoms in total. The molecule has 3 heteroatoms. The van der Waals surface area contributed by atoms with E-state index >= 15 is 0 Å². The highest BCUT2D eigenvalue weighted by Crippen LogP contribution is 2.39. The molecule has 108 valence electrons. The van der Waals surface area contributed by atoms with Gasteiger partial charge < -0.3 is 5.32 Å². The average molecular weight is 274 g/mol. The lowest BCUT2D eigenvalue weighted by Gasteiger charge is -2.39. The molecule has 0 spiro atoms. The second kappa shape index (κ2) is 5.44. The van der Waals surface area contributed by atoms with Crippen LogP contribution in [-0.2, 0) is 0 Å². The van der Waals surface area contributed by atoms with Crippen LogP contribution in [0.4, 0.5) is 10.1 Å². The molecular formula is C17H23FN2. The Labute approximate surface area is 121 Å². The maximum Gasteiger partial charge on any atom is 0.129 e. The Balaban J connectivity index is 2.22. The van der Waals surface area contributed by atoms with Crippen molar-refractivity contribution in [3.63, 3.8) is 0 Å². The van der Waals surface area contributed by atoms with Gasteiger partial charge in [0.15, 0.2) is 0 Å². The second-order valence-corrected chi connectivity index (χ2v) is 7.00. The first-order valence-corrected chi connectivity index (χ1v) is 7.27. The average Bonchev–Trinajstić information content (AvgIpc) is 2.32. The molecule has 0 aliphatic heterocycles. The summed E-state index contributed by atoms with van der Waals surface area (Å²) in [4.78, 5) is 0. The summed E-state index contributed by atoms with van der Waals surface area (Å²) in [5.41, 5.74) is 2.05. The number of hydrogen-bond acceptors (Lipinski definition) is 2. The van der Waals surface area contributed by atoms with Crippen LogP contribution in [0.5, 0.6) is 0 Å². The Morgan fingerprint density at radius 2 is 2.05 bits per heavy atom. The summed E-state index contributed by atoms with van der Waals surface area (Å²) in [7, 11) is 0. The molecule has 0 heterocycles. The maximum atomic E-state index is 13.8. The minimum Gasteiger partial charge on any atom is -0.382 e. The predicted octanol–water partition coefficient (Wildman–Crippen LogP) is 4.63. The van der Waals surface area contributed by atoms with Crippen molar-refractivity contribution in [2.45, 2.75) is 53.0 Å². The van der Waals surface area contributed by atoms with Crippen molar-refractivity contribution in [2.75, 3.05) is 5.32 Å². The second-order valence-electron chi connectivity index (χ2n) is 7.00. The first kappa shape index (κ1) is 14.8. The SMILES string of the molecule is Cc1c(F)cc(C#N)cc1NC1CC(C)CC(C)(C)C1. The van der Waals surface area contributed by atoms with Crippen LogP contribution in [0.1, 0.15) is 51.2 Å². The Morgan fingerprint density at radius 3 is 2.65 bits per heavy atom. The predicted molar refractivity (Wildman–Crippen MR) is 80.1 cm³/mol. The highest BCUT2D eigenvalue weighted by Gasteiger charge is 2.32. The monoisotopic (exact) mass is 274 g/mol. The van der Waals surface area contributed by atoms with Gasteiger partial charge in [0.25, 0.3) is 0 Å². The van der Waals surface area contributed by atoms with Crippen molar-refractivity contribution >= 4 is 5.69 Å². The topological polar surface area (TPSA) is 35.8 Å². The van der Waals surface area contributed by atoms with Gasteiger partial charge in [0.2, 0.25) is 0 Å². The van der Waals surface area contributed by atoms with E-state index in [1.165, 1.54) is 12.5 Å². The summed E-state index contributed by atoms with van der Waals surface area (Å²) in [6, 6.07) is 5.42. The van der Waals surface area contributed by atoms with Crippen molar-refractivity contribution < 1.29 is 4.39 Å². The summed E-state index contributed by atoms with van der Waals surface area (Å²) >= 11 is 0. The van der Waals surface area contributed by atoms with Crippen LogP contribution in [-0.4, -0.2) is 6.04 Å². The summed E-state index contributed by atoms with van der Waals surface area (Å²) in [5.74, 6) is 0.357. The van der Waals surface area contributed by atoms with Gasteiger partial charge in [-0.3, -0.25) is 0 Å². The maximum absolute atomic E-state index is 13.8. The van der Waals surface area contributed by atoms with Crippen LogP contribution in [0.15, 0.2) is 12.1 Å². The standard InChI is InChI=1S/C17H23FN2/c1-11-5-14(9-17(3,4)8-11)20-16-7-13(10-19)6-15(18)12(16)2/h6-7,11,14,20H,5,8-9H2,1-4H3. The van der Waals surface area contributed by atoms with Gasteiger partial charge in [-0.25, -0.2) is 4.39 Å². The highest BCUT2D eigenvalue weighted by molar-refractivity contribution is 5.56. The third-order valence-electron chi connectivity index (χ3n) is 4.22. The molecule has 1 fully saturated rings. The van der Waals surface area contributed by atoms with Crippen molar-refractivity contribution in [1.29, 1.82) is 5.26 Å². The third kappa shape index (κ3) is 3.30. The molecule has 1 aliphatic carbocycles. The number of nitriles is 1. The largest absolute Gasteiger partial charge is 0.382 e. The fourth-order valence-corrected chi connectivity index (χ4v) is 3.57. The van der Waals surface area contributed by atoms with Crippen molar-refractivity contribution in [1.82, 2.24) is 0 Å². The fraction of sp³-hybridized carbons (Fsp3) is 0.588. The van der Waals surface area contributed by atoms with E-state index in [1.54, 1.807) is 13.0 Å². The molecule has 0 radical (unpaired) electrons. The van der Waals surface area contributed by atoms with E-state index in [4.69, 9.17) is 5.26 Å². The number of nitrogens with one attached hydrogen (secondary N) is 1. The Morgan fingerprint density at radius 1 is 1.35 bits per heavy atom. The van der Waals surface area contributed by atoms with Gasteiger partial charge in [0.05, 0.1) is 11.6 Å². The Hall–Kier alpha value is -1.56. The van der Waals surface area contributed by atoms with Gasteiger partial charge in [-0.1, -0.05) is 20.8 Å². The van der Waals surface area contributed by atoms with Gasteiger partial charge in [-0.15, -0.1) is 0 Å². The van der Waals surface area contributed by atoms with Crippen molar-refractivity contribution in [3.8, 4) is 6.07 Å². The Kier molecular flexibility index (Phi) is 4.04. The van der Waals surface area contributed by atoms with Crippen LogP contribution in [0.2, 0.25) is 0 Å². The molecule has 1 N–H and O–H groups in total. The van der Waals surface area contributed by atoms with E-state index in [9.17, 15) is 4.39 Å². The zero-order valence-electron chi connectivity index (χ0n) is 12.8. The van der Waals surface area contributed by atoms with E-state index < -0.39 is 0 Å². The number of benzene rings is 1. The van der Waals surface area contributed by atoms with Gasteiger partial charge in [0, 0.05) is 17.3 Å². The normalized spacial score (nSPS) is 25.0. The van der Waals surface area contributed by atoms with Crippen LogP contribution >= 0.6 is 0 Å². The van der Waals surface area contributed by atoms with Gasteiger partial charge in [0.1, 0.15) is 5.82 Å². The molecular weight excluding hydrogens is 251 g/mol. The molecule has 0 bridgehead atoms. The van der Waals surface area contributed by atoms with E-state index in [-0.39, 0.29) is 5.82 Å². The smallest absolute Gasteiger partial charge is 0.129 e. The van der Waals surface area contributed by atoms with Gasteiger partial charge in [-0.05, 0) is 49.7 Å². The van der Waals surface area contributed by atoms with Crippen LogP contribution in [0.3, 0.4) is 0 Å². The first-order chi connectivity index (χ1) is 9.30. The van der Waals surface area contributed by atoms with Gasteiger partial charge in [-0.2, -0.15) is 5.26 Å². The lowest BCUT2D eigenvalue weighted by molar-refractivity contribution is 0.178. The molecule has 2 atom stereocenters. The first-order valence-electron chi connectivity index (χ1n) is 7.27. The molecule has 20 heavy (non-hydrogen) atoms. The van der Waals surface area contributed by atoms with Crippen LogP contribution < -0.4 is 5.32 Å². The molecule has 1 aliphatic rings. The Bertz CT molecular complexity index is 543. The molecule has 0 saturated heterocycles. The molecule has 0 amide bonds. The summed E-state index contributed by atoms with van der Waals surface area (Å²) in [6.07, 6.45) is 3.41. The molecule has 1 saturated carbocycles. The van der Waals surface area contributed by atoms with E-state index in [1.807, 2.05) is 6.07 Å². The summed E-state index contributed by atoms with van der Waals surface area (Å²) in [6.45, 7) is 8.61. The highest BCUT2D eigenvalue weighted by atomic mass is 19.1. The number of rotatable bonds is 2. The molecule has 2 rings (SSSR count). The zero-order chi connectivity index (χ0) is 14.9. The van der Waals surface area contributed by atoms with Crippen LogP contribution in [0, 0.1) is 35.4 Å². The van der Waals surface area contributed by atoms with Crippen LogP contribution in [0.25, 0.3) is 0 Å². The third-order valence-corrected chi connectivity index (χ3v) is 4.22. The lowest BCUT2D eigenvalue weighted by atomic mass is 9.70. The lowest BCUT2D eigenvalue weighted by Crippen LogP contribution is -2.35.